The number of ether oxygens (including phenoxy) is 2. The van der Waals surface area contributed by atoms with Crippen molar-refractivity contribution < 1.29 is 14.3 Å². The van der Waals surface area contributed by atoms with Gasteiger partial charge in [-0.05, 0) is 24.1 Å². The lowest BCUT2D eigenvalue weighted by molar-refractivity contribution is -0.136. The highest BCUT2D eigenvalue weighted by Crippen LogP contribution is 2.42. The van der Waals surface area contributed by atoms with Crippen molar-refractivity contribution in [1.29, 1.82) is 0 Å². The summed E-state index contributed by atoms with van der Waals surface area (Å²) in [7, 11) is 3.03. The first-order chi connectivity index (χ1) is 13.5. The number of nitrogens with one attached hydrogen (secondary N) is 1. The zero-order chi connectivity index (χ0) is 20.0. The van der Waals surface area contributed by atoms with Gasteiger partial charge in [0.25, 0.3) is 5.56 Å². The summed E-state index contributed by atoms with van der Waals surface area (Å²) in [5, 5.41) is 3.13. The van der Waals surface area contributed by atoms with Crippen LogP contribution in [0.1, 0.15) is 30.4 Å². The molecule has 2 aliphatic rings. The smallest absolute Gasteiger partial charge is 0.337 e. The Morgan fingerprint density at radius 3 is 2.57 bits per heavy atom. The molecule has 1 aromatic carbocycles. The second-order valence-electron chi connectivity index (χ2n) is 6.86. The number of fused-ring (bicyclic) bond motifs is 1. The van der Waals surface area contributed by atoms with Crippen LogP contribution < -0.4 is 21.3 Å². The third-order valence-corrected chi connectivity index (χ3v) is 5.21. The van der Waals surface area contributed by atoms with Gasteiger partial charge in [0.15, 0.2) is 0 Å². The standard InChI is InChI=1S/C20H21N3O5/c1-4-9-23-17-16(18(24)22(2)20(23)26)14(11-5-7-12(27-3)8-6-11)15-13(21-17)10-28-19(15)25/h5-8,14,21H,4,9-10H2,1-3H3. The SMILES string of the molecule is CCCn1c2c(c(=O)n(C)c1=O)C(c1ccc(OC)cc1)C1=C(COC1=O)N2. The van der Waals surface area contributed by atoms with Crippen LogP contribution in [0.15, 0.2) is 45.1 Å². The Labute approximate surface area is 161 Å². The molecule has 1 atom stereocenters. The number of rotatable bonds is 4. The van der Waals surface area contributed by atoms with Crippen LogP contribution in [0.4, 0.5) is 5.82 Å². The molecule has 2 aromatic rings. The molecule has 8 heteroatoms. The van der Waals surface area contributed by atoms with E-state index in [2.05, 4.69) is 5.32 Å². The Hall–Kier alpha value is -3.29. The van der Waals surface area contributed by atoms with Crippen molar-refractivity contribution in [3.63, 3.8) is 0 Å². The predicted molar refractivity (Wildman–Crippen MR) is 103 cm³/mol. The summed E-state index contributed by atoms with van der Waals surface area (Å²) < 4.78 is 13.1. The third kappa shape index (κ3) is 2.56. The summed E-state index contributed by atoms with van der Waals surface area (Å²) in [4.78, 5) is 38.3. The van der Waals surface area contributed by atoms with Crippen LogP contribution >= 0.6 is 0 Å². The summed E-state index contributed by atoms with van der Waals surface area (Å²) in [6, 6.07) is 7.21. The number of cyclic esters (lactones) is 1. The van der Waals surface area contributed by atoms with E-state index in [4.69, 9.17) is 9.47 Å². The van der Waals surface area contributed by atoms with E-state index in [-0.39, 0.29) is 12.3 Å². The first kappa shape index (κ1) is 18.1. The lowest BCUT2D eigenvalue weighted by atomic mass is 9.82. The molecule has 1 aromatic heterocycles. The van der Waals surface area contributed by atoms with Crippen LogP contribution in [0.3, 0.4) is 0 Å². The number of anilines is 1. The molecule has 0 amide bonds. The van der Waals surface area contributed by atoms with Gasteiger partial charge in [-0.3, -0.25) is 13.9 Å². The molecule has 0 bridgehead atoms. The summed E-state index contributed by atoms with van der Waals surface area (Å²) in [5.41, 5.74) is 1.33. The Kier molecular flexibility index (Phi) is 4.33. The lowest BCUT2D eigenvalue weighted by Gasteiger charge is -2.29. The minimum atomic E-state index is -0.616. The van der Waals surface area contributed by atoms with E-state index in [1.807, 2.05) is 19.1 Å². The molecule has 1 N–H and O–H groups in total. The molecule has 0 aliphatic carbocycles. The van der Waals surface area contributed by atoms with E-state index in [0.29, 0.717) is 34.9 Å². The van der Waals surface area contributed by atoms with Crippen molar-refractivity contribution in [2.75, 3.05) is 19.0 Å². The highest BCUT2D eigenvalue weighted by molar-refractivity contribution is 5.96. The first-order valence-electron chi connectivity index (χ1n) is 9.12. The molecular formula is C20H21N3O5. The average molecular weight is 383 g/mol. The second kappa shape index (κ2) is 6.70. The minimum Gasteiger partial charge on any atom is -0.497 e. The maximum Gasteiger partial charge on any atom is 0.337 e. The molecule has 0 saturated heterocycles. The van der Waals surface area contributed by atoms with E-state index >= 15 is 0 Å². The number of esters is 1. The fraction of sp³-hybridized carbons (Fsp3) is 0.350. The molecule has 4 rings (SSSR count). The van der Waals surface area contributed by atoms with E-state index in [9.17, 15) is 14.4 Å². The molecule has 3 heterocycles. The maximum atomic E-state index is 13.1. The molecule has 28 heavy (non-hydrogen) atoms. The quantitative estimate of drug-likeness (QED) is 0.801. The Balaban J connectivity index is 2.03. The van der Waals surface area contributed by atoms with Gasteiger partial charge in [-0.15, -0.1) is 0 Å². The van der Waals surface area contributed by atoms with Gasteiger partial charge in [0.05, 0.1) is 29.9 Å². The number of carbonyl (C=O) groups is 1. The van der Waals surface area contributed by atoms with E-state index in [1.54, 1.807) is 23.8 Å². The largest absolute Gasteiger partial charge is 0.497 e. The third-order valence-electron chi connectivity index (χ3n) is 5.21. The van der Waals surface area contributed by atoms with Crippen molar-refractivity contribution in [3.8, 4) is 5.75 Å². The van der Waals surface area contributed by atoms with Gasteiger partial charge in [0.1, 0.15) is 18.2 Å². The molecule has 8 nitrogen and oxygen atoms in total. The zero-order valence-corrected chi connectivity index (χ0v) is 15.9. The van der Waals surface area contributed by atoms with Crippen molar-refractivity contribution in [2.45, 2.75) is 25.8 Å². The Morgan fingerprint density at radius 2 is 1.93 bits per heavy atom. The van der Waals surface area contributed by atoms with Gasteiger partial charge in [0, 0.05) is 13.6 Å². The number of methoxy groups -OCH3 is 1. The number of hydrogen-bond acceptors (Lipinski definition) is 6. The Bertz CT molecular complexity index is 1110. The van der Waals surface area contributed by atoms with Gasteiger partial charge in [-0.1, -0.05) is 19.1 Å². The van der Waals surface area contributed by atoms with Gasteiger partial charge in [-0.25, -0.2) is 9.59 Å². The number of nitrogens with zero attached hydrogens (tertiary/aromatic N) is 2. The molecule has 0 saturated carbocycles. The number of hydrogen-bond donors (Lipinski definition) is 1. The van der Waals surface area contributed by atoms with E-state index in [1.165, 1.54) is 7.05 Å². The highest BCUT2D eigenvalue weighted by atomic mass is 16.5. The maximum absolute atomic E-state index is 13.1. The minimum absolute atomic E-state index is 0.0930. The van der Waals surface area contributed by atoms with Crippen LogP contribution in [0.5, 0.6) is 5.75 Å². The average Bonchev–Trinajstić information content (AvgIpc) is 3.09. The molecular weight excluding hydrogens is 362 g/mol. The van der Waals surface area contributed by atoms with Crippen molar-refractivity contribution in [3.05, 3.63) is 67.5 Å². The number of aromatic nitrogens is 2. The summed E-state index contributed by atoms with van der Waals surface area (Å²) in [5.74, 6) is 0.0385. The van der Waals surface area contributed by atoms with Gasteiger partial charge < -0.3 is 14.8 Å². The first-order valence-corrected chi connectivity index (χ1v) is 9.12. The van der Waals surface area contributed by atoms with Crippen LogP contribution in [0.2, 0.25) is 0 Å². The molecule has 0 fully saturated rings. The van der Waals surface area contributed by atoms with Crippen LogP contribution in [0.25, 0.3) is 0 Å². The van der Waals surface area contributed by atoms with E-state index < -0.39 is 17.4 Å². The summed E-state index contributed by atoms with van der Waals surface area (Å²) in [6.07, 6.45) is 0.723. The fourth-order valence-electron chi connectivity index (χ4n) is 3.85. The second-order valence-corrected chi connectivity index (χ2v) is 6.86. The van der Waals surface area contributed by atoms with Crippen LogP contribution in [-0.2, 0) is 23.1 Å². The summed E-state index contributed by atoms with van der Waals surface area (Å²) in [6.45, 7) is 2.51. The highest BCUT2D eigenvalue weighted by Gasteiger charge is 2.41. The molecule has 0 radical (unpaired) electrons. The number of carbonyl (C=O) groups excluding carboxylic acids is 1. The normalized spacial score (nSPS) is 17.7. The number of benzene rings is 1. The zero-order valence-electron chi connectivity index (χ0n) is 15.9. The van der Waals surface area contributed by atoms with Crippen molar-refractivity contribution in [2.24, 2.45) is 7.05 Å². The van der Waals surface area contributed by atoms with E-state index in [0.717, 1.165) is 16.6 Å². The molecule has 146 valence electrons. The molecule has 0 spiro atoms. The Morgan fingerprint density at radius 1 is 1.21 bits per heavy atom. The molecule has 1 unspecified atom stereocenters. The van der Waals surface area contributed by atoms with Crippen molar-refractivity contribution >= 4 is 11.8 Å². The monoisotopic (exact) mass is 383 g/mol. The van der Waals surface area contributed by atoms with Gasteiger partial charge in [0.2, 0.25) is 0 Å². The van der Waals surface area contributed by atoms with Crippen LogP contribution in [-0.4, -0.2) is 28.8 Å². The fourth-order valence-corrected chi connectivity index (χ4v) is 3.85. The topological polar surface area (TPSA) is 91.6 Å². The van der Waals surface area contributed by atoms with Crippen molar-refractivity contribution in [1.82, 2.24) is 9.13 Å². The van der Waals surface area contributed by atoms with Gasteiger partial charge in [-0.2, -0.15) is 0 Å². The molecule has 2 aliphatic heterocycles. The van der Waals surface area contributed by atoms with Gasteiger partial charge >= 0.3 is 11.7 Å². The van der Waals surface area contributed by atoms with Crippen LogP contribution in [0, 0.1) is 0 Å². The lowest BCUT2D eigenvalue weighted by Crippen LogP contribution is -2.44. The summed E-state index contributed by atoms with van der Waals surface area (Å²) >= 11 is 0. The predicted octanol–water partition coefficient (Wildman–Crippen LogP) is 1.33.